The van der Waals surface area contributed by atoms with E-state index >= 15 is 0 Å². The molecule has 0 N–H and O–H groups in total. The zero-order valence-electron chi connectivity index (χ0n) is 17.3. The fourth-order valence-corrected chi connectivity index (χ4v) is 3.73. The molecule has 1 amide bonds. The second kappa shape index (κ2) is 6.67. The highest BCUT2D eigenvalue weighted by molar-refractivity contribution is 6.06. The minimum Gasteiger partial charge on any atom is -0.339 e. The fourth-order valence-electron chi connectivity index (χ4n) is 3.73. The molecule has 1 saturated carbocycles. The van der Waals surface area contributed by atoms with E-state index in [1.165, 1.54) is 0 Å². The molecule has 1 aliphatic carbocycles. The molecule has 2 aromatic heterocycles. The van der Waals surface area contributed by atoms with Gasteiger partial charge >= 0.3 is 0 Å². The average molecular weight is 357 g/mol. The van der Waals surface area contributed by atoms with Crippen molar-refractivity contribution in [3.8, 4) is 0 Å². The number of aryl methyl sites for hydroxylation is 1. The van der Waals surface area contributed by atoms with Gasteiger partial charge in [-0.05, 0) is 59.4 Å². The van der Waals surface area contributed by atoms with E-state index in [2.05, 4.69) is 34.6 Å². The molecule has 142 valence electrons. The van der Waals surface area contributed by atoms with Crippen molar-refractivity contribution in [3.05, 3.63) is 23.0 Å². The van der Waals surface area contributed by atoms with Crippen LogP contribution in [0.5, 0.6) is 0 Å². The molecule has 1 fully saturated rings. The monoisotopic (exact) mass is 356 g/mol. The van der Waals surface area contributed by atoms with Gasteiger partial charge in [0.2, 0.25) is 0 Å². The molecule has 0 radical (unpaired) electrons. The summed E-state index contributed by atoms with van der Waals surface area (Å²) in [5.41, 5.74) is 3.36. The molecule has 1 aliphatic rings. The number of pyridine rings is 1. The second-order valence-corrected chi connectivity index (χ2v) is 8.62. The normalized spacial score (nSPS) is 15.1. The third kappa shape index (κ3) is 3.24. The summed E-state index contributed by atoms with van der Waals surface area (Å²) in [6.07, 6.45) is 4.25. The van der Waals surface area contributed by atoms with Crippen LogP contribution in [-0.2, 0) is 5.54 Å². The molecule has 0 saturated heterocycles. The summed E-state index contributed by atoms with van der Waals surface area (Å²) in [4.78, 5) is 20.2. The highest BCUT2D eigenvalue weighted by Gasteiger charge is 2.31. The van der Waals surface area contributed by atoms with Crippen molar-refractivity contribution in [1.82, 2.24) is 19.7 Å². The van der Waals surface area contributed by atoms with E-state index in [0.29, 0.717) is 5.92 Å². The number of hydrogen-bond acceptors (Lipinski definition) is 3. The van der Waals surface area contributed by atoms with E-state index in [1.54, 1.807) is 0 Å². The van der Waals surface area contributed by atoms with Gasteiger partial charge in [-0.3, -0.25) is 4.79 Å². The maximum atomic E-state index is 13.4. The average Bonchev–Trinajstić information content (AvgIpc) is 3.37. The predicted octanol–water partition coefficient (Wildman–Crippen LogP) is 4.63. The molecule has 0 aliphatic heterocycles. The maximum Gasteiger partial charge on any atom is 0.254 e. The van der Waals surface area contributed by atoms with Gasteiger partial charge in [-0.15, -0.1) is 0 Å². The number of hydrogen-bond donors (Lipinski definition) is 0. The van der Waals surface area contributed by atoms with Gasteiger partial charge in [0.15, 0.2) is 5.65 Å². The Morgan fingerprint density at radius 2 is 1.92 bits per heavy atom. The summed E-state index contributed by atoms with van der Waals surface area (Å²) in [7, 11) is 1.92. The zero-order chi connectivity index (χ0) is 19.2. The Hall–Kier alpha value is -1.91. The molecule has 0 spiro atoms. The summed E-state index contributed by atoms with van der Waals surface area (Å²) >= 11 is 0. The van der Waals surface area contributed by atoms with Crippen LogP contribution in [0.1, 0.15) is 88.0 Å². The standard InChI is InChI=1S/C21H32N4O/c1-8-15(9-2)24(7)20(26)16-12-17(14-10-11-14)22-19-18(16)13(3)23-25(19)21(4,5)6/h12,14-15H,8-11H2,1-7H3. The van der Waals surface area contributed by atoms with Gasteiger partial charge in [0.05, 0.1) is 22.2 Å². The summed E-state index contributed by atoms with van der Waals surface area (Å²) < 4.78 is 1.98. The fraction of sp³-hybridized carbons (Fsp3) is 0.667. The van der Waals surface area contributed by atoms with E-state index in [-0.39, 0.29) is 17.5 Å². The Bertz CT molecular complexity index is 823. The van der Waals surface area contributed by atoms with Crippen LogP contribution in [0.15, 0.2) is 6.07 Å². The van der Waals surface area contributed by atoms with Crippen LogP contribution in [0.2, 0.25) is 0 Å². The lowest BCUT2D eigenvalue weighted by atomic mass is 10.0. The van der Waals surface area contributed by atoms with Gasteiger partial charge < -0.3 is 4.90 Å². The van der Waals surface area contributed by atoms with E-state index in [0.717, 1.165) is 53.7 Å². The van der Waals surface area contributed by atoms with Gasteiger partial charge in [-0.1, -0.05) is 13.8 Å². The molecule has 0 bridgehead atoms. The van der Waals surface area contributed by atoms with Crippen molar-refractivity contribution in [3.63, 3.8) is 0 Å². The van der Waals surface area contributed by atoms with E-state index < -0.39 is 0 Å². The van der Waals surface area contributed by atoms with E-state index in [9.17, 15) is 4.79 Å². The van der Waals surface area contributed by atoms with E-state index in [4.69, 9.17) is 10.1 Å². The second-order valence-electron chi connectivity index (χ2n) is 8.62. The van der Waals surface area contributed by atoms with Crippen LogP contribution in [0.4, 0.5) is 0 Å². The lowest BCUT2D eigenvalue weighted by molar-refractivity contribution is 0.0725. The zero-order valence-corrected chi connectivity index (χ0v) is 17.3. The summed E-state index contributed by atoms with van der Waals surface area (Å²) in [6.45, 7) is 12.6. The molecule has 26 heavy (non-hydrogen) atoms. The quantitative estimate of drug-likeness (QED) is 0.784. The molecule has 0 atom stereocenters. The number of aromatic nitrogens is 3. The van der Waals surface area contributed by atoms with Crippen LogP contribution in [-0.4, -0.2) is 38.7 Å². The molecule has 5 heteroatoms. The molecule has 5 nitrogen and oxygen atoms in total. The molecule has 2 heterocycles. The van der Waals surface area contributed by atoms with Crippen molar-refractivity contribution >= 4 is 16.9 Å². The third-order valence-corrected chi connectivity index (χ3v) is 5.50. The van der Waals surface area contributed by atoms with Crippen LogP contribution in [0.25, 0.3) is 11.0 Å². The molecule has 2 aromatic rings. The lowest BCUT2D eigenvalue weighted by Crippen LogP contribution is -2.36. The molecular weight excluding hydrogens is 324 g/mol. The van der Waals surface area contributed by atoms with Crippen LogP contribution < -0.4 is 0 Å². The van der Waals surface area contributed by atoms with Crippen molar-refractivity contribution in [2.24, 2.45) is 0 Å². The van der Waals surface area contributed by atoms with Crippen molar-refractivity contribution in [2.45, 2.75) is 84.7 Å². The van der Waals surface area contributed by atoms with Crippen molar-refractivity contribution in [1.29, 1.82) is 0 Å². The predicted molar refractivity (Wildman–Crippen MR) is 106 cm³/mol. The Morgan fingerprint density at radius 3 is 2.42 bits per heavy atom. The number of nitrogens with zero attached hydrogens (tertiary/aromatic N) is 4. The molecule has 0 unspecified atom stereocenters. The summed E-state index contributed by atoms with van der Waals surface area (Å²) in [5, 5.41) is 5.66. The third-order valence-electron chi connectivity index (χ3n) is 5.50. The Balaban J connectivity index is 2.21. The van der Waals surface area contributed by atoms with Crippen LogP contribution >= 0.6 is 0 Å². The van der Waals surface area contributed by atoms with Gasteiger partial charge in [0, 0.05) is 24.7 Å². The van der Waals surface area contributed by atoms with Crippen molar-refractivity contribution < 1.29 is 4.79 Å². The summed E-state index contributed by atoms with van der Waals surface area (Å²) in [6, 6.07) is 2.29. The smallest absolute Gasteiger partial charge is 0.254 e. The largest absolute Gasteiger partial charge is 0.339 e. The highest BCUT2D eigenvalue weighted by Crippen LogP contribution is 2.41. The topological polar surface area (TPSA) is 51.0 Å². The number of carbonyl (C=O) groups excluding carboxylic acids is 1. The number of carbonyl (C=O) groups is 1. The number of amides is 1. The summed E-state index contributed by atoms with van der Waals surface area (Å²) in [5.74, 6) is 0.581. The first-order chi connectivity index (χ1) is 12.2. The van der Waals surface area contributed by atoms with Gasteiger partial charge in [0.25, 0.3) is 5.91 Å². The van der Waals surface area contributed by atoms with Gasteiger partial charge in [-0.2, -0.15) is 5.10 Å². The number of rotatable bonds is 5. The first-order valence-electron chi connectivity index (χ1n) is 9.86. The maximum absolute atomic E-state index is 13.4. The van der Waals surface area contributed by atoms with Gasteiger partial charge in [0.1, 0.15) is 0 Å². The minimum absolute atomic E-state index is 0.0876. The van der Waals surface area contributed by atoms with Crippen LogP contribution in [0, 0.1) is 6.92 Å². The molecular formula is C21H32N4O. The first kappa shape index (κ1) is 18.9. The number of fused-ring (bicyclic) bond motifs is 1. The lowest BCUT2D eigenvalue weighted by Gasteiger charge is -2.27. The molecule has 0 aromatic carbocycles. The van der Waals surface area contributed by atoms with E-state index in [1.807, 2.05) is 29.6 Å². The Morgan fingerprint density at radius 1 is 1.31 bits per heavy atom. The van der Waals surface area contributed by atoms with Crippen molar-refractivity contribution in [2.75, 3.05) is 7.05 Å². The minimum atomic E-state index is -0.177. The van der Waals surface area contributed by atoms with Gasteiger partial charge in [-0.25, -0.2) is 9.67 Å². The van der Waals surface area contributed by atoms with Crippen LogP contribution in [0.3, 0.4) is 0 Å². The Labute approximate surface area is 156 Å². The Kier molecular flexibility index (Phi) is 4.84. The highest BCUT2D eigenvalue weighted by atomic mass is 16.2. The SMILES string of the molecule is CCC(CC)N(C)C(=O)c1cc(C2CC2)nc2c1c(C)nn2C(C)(C)C. The first-order valence-corrected chi connectivity index (χ1v) is 9.86. The molecule has 3 rings (SSSR count).